The van der Waals surface area contributed by atoms with E-state index in [1.807, 2.05) is 6.07 Å². The number of benzene rings is 2. The molecule has 0 spiro atoms. The Hall–Kier alpha value is -3.63. The molecule has 30 heavy (non-hydrogen) atoms. The number of halogens is 3. The third kappa shape index (κ3) is 3.53. The van der Waals surface area contributed by atoms with E-state index < -0.39 is 22.4 Å². The summed E-state index contributed by atoms with van der Waals surface area (Å²) in [7, 11) is 0. The molecule has 3 aromatic rings. The second kappa shape index (κ2) is 7.32. The Morgan fingerprint density at radius 2 is 1.80 bits per heavy atom. The predicted molar refractivity (Wildman–Crippen MR) is 102 cm³/mol. The Kier molecular flexibility index (Phi) is 4.80. The molecule has 1 N–H and O–H groups in total. The first kappa shape index (κ1) is 19.7. The number of fused-ring (bicyclic) bond motifs is 1. The zero-order valence-electron chi connectivity index (χ0n) is 15.5. The van der Waals surface area contributed by atoms with Crippen LogP contribution in [0.5, 0.6) is 0 Å². The minimum atomic E-state index is -4.67. The molecule has 1 aliphatic rings. The molecule has 156 valence electrons. The number of hydrogen-bond donors (Lipinski definition) is 1. The van der Waals surface area contributed by atoms with Crippen LogP contribution in [-0.4, -0.2) is 52.1 Å². The molecule has 2 aromatic carbocycles. The molecule has 1 aromatic heterocycles. The summed E-state index contributed by atoms with van der Waals surface area (Å²) in [5.41, 5.74) is -0.551. The van der Waals surface area contributed by atoms with Crippen molar-refractivity contribution in [1.82, 2.24) is 15.1 Å². The lowest BCUT2D eigenvalue weighted by Gasteiger charge is -2.35. The number of aromatic nitrogens is 2. The molecule has 0 unspecified atom stereocenters. The number of nitro groups is 1. The second-order valence-corrected chi connectivity index (χ2v) is 6.86. The van der Waals surface area contributed by atoms with Crippen LogP contribution in [0.25, 0.3) is 10.9 Å². The van der Waals surface area contributed by atoms with Crippen molar-refractivity contribution in [2.45, 2.75) is 6.18 Å². The number of para-hydroxylation sites is 1. The number of nitrogens with zero attached hydrogens (tertiary/aromatic N) is 4. The largest absolute Gasteiger partial charge is 0.416 e. The van der Waals surface area contributed by atoms with E-state index in [9.17, 15) is 28.1 Å². The van der Waals surface area contributed by atoms with Crippen molar-refractivity contribution in [2.24, 2.45) is 0 Å². The topological polar surface area (TPSA) is 95.4 Å². The fraction of sp³-hybridized carbons (Fsp3) is 0.263. The number of amides is 1. The molecule has 0 atom stereocenters. The van der Waals surface area contributed by atoms with E-state index in [-0.39, 0.29) is 37.8 Å². The molecule has 4 rings (SSSR count). The lowest BCUT2D eigenvalue weighted by Crippen LogP contribution is -2.49. The molecule has 1 saturated heterocycles. The first-order chi connectivity index (χ1) is 14.3. The van der Waals surface area contributed by atoms with Crippen molar-refractivity contribution in [2.75, 3.05) is 31.1 Å². The Labute approximate surface area is 168 Å². The van der Waals surface area contributed by atoms with Gasteiger partial charge < -0.3 is 9.80 Å². The zero-order valence-corrected chi connectivity index (χ0v) is 15.5. The number of rotatable bonds is 3. The number of alkyl halides is 3. The van der Waals surface area contributed by atoms with Crippen molar-refractivity contribution in [3.8, 4) is 0 Å². The molecule has 1 amide bonds. The number of H-pyrrole nitrogens is 1. The average molecular weight is 419 g/mol. The lowest BCUT2D eigenvalue weighted by atomic mass is 10.1. The van der Waals surface area contributed by atoms with Crippen LogP contribution in [0.15, 0.2) is 42.5 Å². The van der Waals surface area contributed by atoms with Crippen molar-refractivity contribution in [1.29, 1.82) is 0 Å². The first-order valence-corrected chi connectivity index (χ1v) is 9.08. The van der Waals surface area contributed by atoms with E-state index in [2.05, 4.69) is 10.2 Å². The van der Waals surface area contributed by atoms with Crippen LogP contribution < -0.4 is 4.90 Å². The van der Waals surface area contributed by atoms with Gasteiger partial charge in [0, 0.05) is 37.6 Å². The number of hydrogen-bond acceptors (Lipinski definition) is 5. The zero-order chi connectivity index (χ0) is 21.5. The maximum Gasteiger partial charge on any atom is 0.416 e. The van der Waals surface area contributed by atoms with Gasteiger partial charge in [-0.15, -0.1) is 0 Å². The Morgan fingerprint density at radius 1 is 1.10 bits per heavy atom. The Balaban J connectivity index is 1.52. The highest BCUT2D eigenvalue weighted by Gasteiger charge is 2.34. The second-order valence-electron chi connectivity index (χ2n) is 6.86. The van der Waals surface area contributed by atoms with Gasteiger partial charge in [-0.1, -0.05) is 18.2 Å². The summed E-state index contributed by atoms with van der Waals surface area (Å²) in [4.78, 5) is 26.5. The summed E-state index contributed by atoms with van der Waals surface area (Å²) in [6, 6.07) is 9.70. The van der Waals surface area contributed by atoms with Crippen molar-refractivity contribution >= 4 is 28.2 Å². The van der Waals surface area contributed by atoms with Gasteiger partial charge in [-0.2, -0.15) is 18.3 Å². The summed E-state index contributed by atoms with van der Waals surface area (Å²) in [6.07, 6.45) is -4.67. The summed E-state index contributed by atoms with van der Waals surface area (Å²) >= 11 is 0. The number of carbonyl (C=O) groups is 1. The molecule has 11 heteroatoms. The third-order valence-electron chi connectivity index (χ3n) is 5.08. The van der Waals surface area contributed by atoms with Crippen LogP contribution in [0.3, 0.4) is 0 Å². The number of piperazine rings is 1. The third-order valence-corrected chi connectivity index (χ3v) is 5.08. The number of nitro benzene ring substituents is 1. The normalized spacial score (nSPS) is 14.9. The van der Waals surface area contributed by atoms with Gasteiger partial charge in [0.05, 0.1) is 16.0 Å². The minimum absolute atomic E-state index is 0.102. The number of nitrogens with one attached hydrogen (secondary N) is 1. The molecule has 0 saturated carbocycles. The quantitative estimate of drug-likeness (QED) is 0.518. The van der Waals surface area contributed by atoms with Crippen LogP contribution in [0.1, 0.15) is 16.1 Å². The van der Waals surface area contributed by atoms with Gasteiger partial charge >= 0.3 is 6.18 Å². The van der Waals surface area contributed by atoms with E-state index >= 15 is 0 Å². The molecule has 2 heterocycles. The Bertz CT molecular complexity index is 1120. The molecular weight excluding hydrogens is 403 g/mol. The van der Waals surface area contributed by atoms with Crippen LogP contribution in [0.4, 0.5) is 24.5 Å². The SMILES string of the molecule is O=C(c1n[nH]c2ccccc12)N1CCN(c2ccc(C(F)(F)F)cc2[N+](=O)[O-])CC1. The van der Waals surface area contributed by atoms with Crippen molar-refractivity contribution in [3.63, 3.8) is 0 Å². The van der Waals surface area contributed by atoms with Gasteiger partial charge in [0.25, 0.3) is 11.6 Å². The van der Waals surface area contributed by atoms with Gasteiger partial charge in [0.15, 0.2) is 5.69 Å². The maximum atomic E-state index is 12.9. The molecular formula is C19H16F3N5O3. The summed E-state index contributed by atoms with van der Waals surface area (Å²) in [5.74, 6) is -0.269. The van der Waals surface area contributed by atoms with E-state index in [1.165, 1.54) is 0 Å². The molecule has 8 nitrogen and oxygen atoms in total. The van der Waals surface area contributed by atoms with Gasteiger partial charge in [0.2, 0.25) is 0 Å². The molecule has 0 radical (unpaired) electrons. The van der Waals surface area contributed by atoms with E-state index in [0.717, 1.165) is 17.6 Å². The molecule has 1 fully saturated rings. The number of anilines is 1. The van der Waals surface area contributed by atoms with Crippen molar-refractivity contribution in [3.05, 3.63) is 63.8 Å². The van der Waals surface area contributed by atoms with Gasteiger partial charge in [-0.25, -0.2) is 0 Å². The smallest absolute Gasteiger partial charge is 0.362 e. The van der Waals surface area contributed by atoms with Crippen molar-refractivity contribution < 1.29 is 22.9 Å². The maximum absolute atomic E-state index is 12.9. The fourth-order valence-corrected chi connectivity index (χ4v) is 3.54. The average Bonchev–Trinajstić information content (AvgIpc) is 3.16. The number of carbonyl (C=O) groups excluding carboxylic acids is 1. The van der Waals surface area contributed by atoms with Crippen LogP contribution in [0.2, 0.25) is 0 Å². The predicted octanol–water partition coefficient (Wildman–Crippen LogP) is 3.45. The number of aromatic amines is 1. The van der Waals surface area contributed by atoms with Crippen LogP contribution >= 0.6 is 0 Å². The van der Waals surface area contributed by atoms with Gasteiger partial charge in [-0.3, -0.25) is 20.0 Å². The van der Waals surface area contributed by atoms with Gasteiger partial charge in [-0.05, 0) is 18.2 Å². The lowest BCUT2D eigenvalue weighted by molar-refractivity contribution is -0.384. The monoisotopic (exact) mass is 419 g/mol. The van der Waals surface area contributed by atoms with Crippen LogP contribution in [-0.2, 0) is 6.18 Å². The highest BCUT2D eigenvalue weighted by molar-refractivity contribution is 6.04. The Morgan fingerprint density at radius 3 is 2.47 bits per heavy atom. The van der Waals surface area contributed by atoms with Crippen LogP contribution in [0, 0.1) is 10.1 Å². The van der Waals surface area contributed by atoms with E-state index in [4.69, 9.17) is 0 Å². The highest BCUT2D eigenvalue weighted by Crippen LogP contribution is 2.36. The van der Waals surface area contributed by atoms with Gasteiger partial charge in [0.1, 0.15) is 5.69 Å². The fourth-order valence-electron chi connectivity index (χ4n) is 3.54. The van der Waals surface area contributed by atoms with E-state index in [0.29, 0.717) is 17.1 Å². The minimum Gasteiger partial charge on any atom is -0.362 e. The summed E-state index contributed by atoms with van der Waals surface area (Å²) < 4.78 is 38.7. The summed E-state index contributed by atoms with van der Waals surface area (Å²) in [5, 5.41) is 18.9. The summed E-state index contributed by atoms with van der Waals surface area (Å²) in [6.45, 7) is 1.02. The highest BCUT2D eigenvalue weighted by atomic mass is 19.4. The first-order valence-electron chi connectivity index (χ1n) is 9.08. The molecule has 0 bridgehead atoms. The van der Waals surface area contributed by atoms with E-state index in [1.54, 1.807) is 28.0 Å². The molecule has 0 aliphatic carbocycles. The standard InChI is InChI=1S/C19H16F3N5O3/c20-19(21,22)12-5-6-15(16(11-12)27(29)30)25-7-9-26(10-8-25)18(28)17-13-3-1-2-4-14(13)23-24-17/h1-6,11H,7-10H2,(H,23,24). The molecule has 1 aliphatic heterocycles.